The maximum atomic E-state index is 14.8. The number of amides is 4. The molecule has 1 aliphatic heterocycles. The zero-order chi connectivity index (χ0) is 52.9. The van der Waals surface area contributed by atoms with E-state index in [0.29, 0.717) is 11.1 Å². The number of carbonyl (C=O) groups excluding carboxylic acids is 3. The molecular weight excluding hydrogens is 580 g/mol. The summed E-state index contributed by atoms with van der Waals surface area (Å²) in [5.41, 5.74) is -1.38. The molecule has 46 heavy (non-hydrogen) atoms. The van der Waals surface area contributed by atoms with Gasteiger partial charge in [0.05, 0.1) is 17.6 Å². The molecule has 246 valence electrons. The first-order chi connectivity index (χ1) is 31.2. The summed E-state index contributed by atoms with van der Waals surface area (Å²) in [6, 6.07) is 2.51. The molecule has 4 amide bonds. The van der Waals surface area contributed by atoms with Crippen LogP contribution in [0.4, 0.5) is 4.79 Å². The lowest BCUT2D eigenvalue weighted by molar-refractivity contribution is -0.128. The second-order valence-electron chi connectivity index (χ2n) is 10.1. The van der Waals surface area contributed by atoms with Gasteiger partial charge in [-0.1, -0.05) is 92.5 Å². The lowest BCUT2D eigenvalue weighted by Crippen LogP contribution is -2.59. The number of nitrogens with zero attached hydrogens (tertiary/aromatic N) is 1. The fourth-order valence-corrected chi connectivity index (χ4v) is 4.64. The number of hydrogen-bond acceptors (Lipinski definition) is 5. The standard InChI is InChI=1S/C37H48N4O5/c1-25(2)34(41-20-12-19-38-37(41)45)36(44)39-30(21-28-15-7-5-8-16-28)23-32(42)31(22-29-17-9-6-10-18-29)40-33(43)24-46-35-26(3)13-11-14-27(35)4/h5-11,13-18,25,30-32,34,42H,12,19-24H2,1-4H3,(H,38,45)(H,39,44)(H,40,43)/t30-,31-,32-,34-/m0/s1/i1D3,2D3,3D3,4D3,11D,12D2,13D,14D,19D2,20D2,25D,34D. The highest BCUT2D eigenvalue weighted by Gasteiger charge is 2.35. The van der Waals surface area contributed by atoms with Crippen LogP contribution in [0.2, 0.25) is 0 Å². The number of ether oxygens (including phenoxy) is 1. The highest BCUT2D eigenvalue weighted by Crippen LogP contribution is 2.22. The highest BCUT2D eigenvalue weighted by molar-refractivity contribution is 5.87. The van der Waals surface area contributed by atoms with Gasteiger partial charge in [0, 0.05) is 45.1 Å². The van der Waals surface area contributed by atoms with E-state index in [9.17, 15) is 20.9 Å². The Morgan fingerprint density at radius 2 is 1.70 bits per heavy atom. The monoisotopic (exact) mass is 652 g/mol. The van der Waals surface area contributed by atoms with E-state index in [-0.39, 0.29) is 6.42 Å². The quantitative estimate of drug-likeness (QED) is 0.195. The predicted molar refractivity (Wildman–Crippen MR) is 180 cm³/mol. The summed E-state index contributed by atoms with van der Waals surface area (Å²) in [6.07, 6.45) is -7.29. The first-order valence-electron chi connectivity index (χ1n) is 25.5. The minimum atomic E-state index is -4.55. The van der Waals surface area contributed by atoms with Gasteiger partial charge in [-0.15, -0.1) is 0 Å². The van der Waals surface area contributed by atoms with Gasteiger partial charge in [0.15, 0.2) is 6.61 Å². The Bertz CT molecular complexity index is 2310. The Labute approximate surface area is 305 Å². The molecule has 1 saturated heterocycles. The molecule has 9 nitrogen and oxygen atoms in total. The van der Waals surface area contributed by atoms with Gasteiger partial charge < -0.3 is 30.7 Å². The summed E-state index contributed by atoms with van der Waals surface area (Å²) in [5, 5.41) is 18.0. The van der Waals surface area contributed by atoms with Crippen molar-refractivity contribution in [2.24, 2.45) is 5.89 Å². The van der Waals surface area contributed by atoms with Crippen molar-refractivity contribution in [2.45, 2.75) is 77.2 Å². The molecule has 3 aromatic carbocycles. The third-order valence-corrected chi connectivity index (χ3v) is 6.75. The van der Waals surface area contributed by atoms with Crippen LogP contribution in [-0.4, -0.2) is 71.7 Å². The van der Waals surface area contributed by atoms with Crippen LogP contribution in [0.25, 0.3) is 0 Å². The van der Waals surface area contributed by atoms with Crippen LogP contribution in [0.3, 0.4) is 0 Å². The Kier molecular flexibility index (Phi) is 5.49. The number of nitrogens with one attached hydrogen (secondary N) is 3. The van der Waals surface area contributed by atoms with Crippen molar-refractivity contribution < 1.29 is 55.8 Å². The molecule has 0 spiro atoms. The van der Waals surface area contributed by atoms with E-state index in [1.807, 2.05) is 0 Å². The van der Waals surface area contributed by atoms with Crippen molar-refractivity contribution in [3.63, 3.8) is 0 Å². The average molecular weight is 652 g/mol. The number of rotatable bonds is 15. The third-order valence-electron chi connectivity index (χ3n) is 6.75. The first-order valence-corrected chi connectivity index (χ1v) is 14.0. The number of urea groups is 1. The normalized spacial score (nSPS) is 28.4. The van der Waals surface area contributed by atoms with Gasteiger partial charge in [-0.3, -0.25) is 9.59 Å². The smallest absolute Gasteiger partial charge is 0.318 e. The lowest BCUT2D eigenvalue weighted by Gasteiger charge is -2.37. The number of hydrogen-bond donors (Lipinski definition) is 4. The minimum absolute atomic E-state index is 0.260. The van der Waals surface area contributed by atoms with Crippen LogP contribution in [0.15, 0.2) is 78.8 Å². The van der Waals surface area contributed by atoms with E-state index < -0.39 is 154 Å². The molecule has 4 N–H and O–H groups in total. The maximum absolute atomic E-state index is 14.8. The first kappa shape index (κ1) is 15.0. The SMILES string of the molecule is [2H]c1c([2H])c(C([2H])([2H])[2H])c(OCC(=O)N[C@@H](Cc2ccccc2)[C@@H](O)C[C@H](Cc2ccccc2)NC(=O)[C@@]([2H])(N2C(=O)NC([2H])([2H])C([2H])([2H])C2([2H])[2H])C([2H])(C([2H])([2H])[2H])C([2H])([2H])[2H])c(C([2H])([2H])[2H])c1[2H]. The van der Waals surface area contributed by atoms with E-state index in [4.69, 9.17) is 34.9 Å². The Hall–Kier alpha value is -4.37. The molecule has 1 aliphatic rings. The molecule has 0 saturated carbocycles. The summed E-state index contributed by atoms with van der Waals surface area (Å²) >= 11 is 0. The molecule has 0 aromatic heterocycles. The van der Waals surface area contributed by atoms with E-state index in [1.54, 1.807) is 36.4 Å². The lowest BCUT2D eigenvalue weighted by atomic mass is 9.92. The van der Waals surface area contributed by atoms with Gasteiger partial charge in [0.1, 0.15) is 11.8 Å². The Balaban J connectivity index is 1.84. The highest BCUT2D eigenvalue weighted by atomic mass is 16.5. The largest absolute Gasteiger partial charge is 0.483 e. The number of aliphatic hydroxyl groups is 1. The molecule has 4 rings (SSSR count). The molecule has 4 atom stereocenters. The molecule has 1 fully saturated rings. The minimum Gasteiger partial charge on any atom is -0.483 e. The van der Waals surface area contributed by atoms with Crippen molar-refractivity contribution in [1.29, 1.82) is 0 Å². The van der Waals surface area contributed by atoms with Crippen LogP contribution < -0.4 is 20.7 Å². The third kappa shape index (κ3) is 9.81. The van der Waals surface area contributed by atoms with Crippen molar-refractivity contribution in [1.82, 2.24) is 20.9 Å². The fraction of sp³-hybridized carbons (Fsp3) is 0.432. The van der Waals surface area contributed by atoms with Crippen LogP contribution in [0, 0.1) is 19.6 Å². The van der Waals surface area contributed by atoms with Crippen molar-refractivity contribution in [2.75, 3.05) is 19.6 Å². The van der Waals surface area contributed by atoms with Gasteiger partial charge in [0.25, 0.3) is 5.91 Å². The number of benzene rings is 3. The topological polar surface area (TPSA) is 120 Å². The van der Waals surface area contributed by atoms with Gasteiger partial charge in [0.2, 0.25) is 5.91 Å². The van der Waals surface area contributed by atoms with E-state index in [1.165, 1.54) is 29.6 Å². The zero-order valence-electron chi connectivity index (χ0n) is 47.4. The van der Waals surface area contributed by atoms with E-state index in [2.05, 4.69) is 10.6 Å². The zero-order valence-corrected chi connectivity index (χ0v) is 24.4. The van der Waals surface area contributed by atoms with Crippen LogP contribution >= 0.6 is 0 Å². The molecule has 0 unspecified atom stereocenters. The van der Waals surface area contributed by atoms with Crippen molar-refractivity contribution in [3.05, 3.63) is 101 Å². The number of para-hydroxylation sites is 1. The molecule has 3 aromatic rings. The summed E-state index contributed by atoms with van der Waals surface area (Å²) in [4.78, 5) is 41.4. The Morgan fingerprint density at radius 1 is 1.04 bits per heavy atom. The summed E-state index contributed by atoms with van der Waals surface area (Å²) in [6.45, 7) is -24.3. The molecule has 0 bridgehead atoms. The molecular formula is C37H48N4O5. The molecule has 0 radical (unpaired) electrons. The molecule has 0 aliphatic carbocycles. The molecule has 1 heterocycles. The van der Waals surface area contributed by atoms with Crippen molar-refractivity contribution >= 4 is 17.8 Å². The Morgan fingerprint density at radius 3 is 2.33 bits per heavy atom. The van der Waals surface area contributed by atoms with Gasteiger partial charge >= 0.3 is 6.03 Å². The van der Waals surface area contributed by atoms with Crippen molar-refractivity contribution in [3.8, 4) is 5.75 Å². The summed E-state index contributed by atoms with van der Waals surface area (Å²) in [5.74, 6) is -8.99. The van der Waals surface area contributed by atoms with Gasteiger partial charge in [-0.05, 0) is 67.5 Å². The molecule has 9 heteroatoms. The summed E-state index contributed by atoms with van der Waals surface area (Å²) < 4.78 is 195. The second kappa shape index (κ2) is 16.8. The predicted octanol–water partition coefficient (Wildman–Crippen LogP) is 4.33. The van der Waals surface area contributed by atoms with E-state index >= 15 is 0 Å². The number of aliphatic hydroxyl groups excluding tert-OH is 1. The summed E-state index contributed by atoms with van der Waals surface area (Å²) in [7, 11) is 0. The van der Waals surface area contributed by atoms with Crippen LogP contribution in [-0.2, 0) is 22.4 Å². The van der Waals surface area contributed by atoms with Crippen LogP contribution in [0.5, 0.6) is 5.75 Å². The van der Waals surface area contributed by atoms with E-state index in [0.717, 1.165) is 0 Å². The van der Waals surface area contributed by atoms with Crippen LogP contribution in [0.1, 0.15) is 80.3 Å². The van der Waals surface area contributed by atoms with Gasteiger partial charge in [-0.25, -0.2) is 4.79 Å². The fourth-order valence-electron chi connectivity index (χ4n) is 4.64. The number of carbonyl (C=O) groups is 3. The van der Waals surface area contributed by atoms with Gasteiger partial charge in [-0.2, -0.15) is 0 Å². The maximum Gasteiger partial charge on any atom is 0.318 e. The average Bonchev–Trinajstić information content (AvgIpc) is 3.19. The second-order valence-corrected chi connectivity index (χ2v) is 10.1.